The molecular weight excluding hydrogens is 319 g/mol. The van der Waals surface area contributed by atoms with Crippen LogP contribution < -0.4 is 0 Å². The predicted molar refractivity (Wildman–Crippen MR) is 65.4 cm³/mol. The molecule has 0 aliphatic heterocycles. The van der Waals surface area contributed by atoms with E-state index >= 15 is 0 Å². The Kier molecular flexibility index (Phi) is 3.55. The van der Waals surface area contributed by atoms with Crippen LogP contribution in [0.2, 0.25) is 0 Å². The maximum absolute atomic E-state index is 11.0. The van der Waals surface area contributed by atoms with E-state index in [1.165, 1.54) is 12.4 Å². The highest BCUT2D eigenvalue weighted by atomic mass is 127. The molecule has 0 aliphatic carbocycles. The van der Waals surface area contributed by atoms with Gasteiger partial charge in [0.2, 0.25) is 0 Å². The van der Waals surface area contributed by atoms with Crippen molar-refractivity contribution in [3.63, 3.8) is 0 Å². The summed E-state index contributed by atoms with van der Waals surface area (Å²) in [5, 5.41) is 0. The summed E-state index contributed by atoms with van der Waals surface area (Å²) in [6.07, 6.45) is 3.42. The van der Waals surface area contributed by atoms with Crippen LogP contribution in [0, 0.1) is 3.70 Å². The number of halogens is 1. The molecule has 0 radical (unpaired) electrons. The van der Waals surface area contributed by atoms with Crippen molar-refractivity contribution in [3.05, 3.63) is 57.7 Å². The minimum absolute atomic E-state index is 0.149. The van der Waals surface area contributed by atoms with Gasteiger partial charge in [0.25, 0.3) is 0 Å². The lowest BCUT2D eigenvalue weighted by molar-refractivity contribution is 0.609. The summed E-state index contributed by atoms with van der Waals surface area (Å²) in [6, 6.07) is 9.62. The van der Waals surface area contributed by atoms with Crippen LogP contribution in [0.15, 0.2) is 42.7 Å². The third-order valence-corrected chi connectivity index (χ3v) is 3.82. The van der Waals surface area contributed by atoms with Crippen LogP contribution in [0.4, 0.5) is 0 Å². The van der Waals surface area contributed by atoms with Crippen molar-refractivity contribution in [1.29, 1.82) is 0 Å². The summed E-state index contributed by atoms with van der Waals surface area (Å²) >= 11 is -3.55. The van der Waals surface area contributed by atoms with Crippen molar-refractivity contribution in [2.24, 2.45) is 0 Å². The molecule has 0 aliphatic rings. The lowest BCUT2D eigenvalue weighted by atomic mass is 10.1. The molecule has 4 nitrogen and oxygen atoms in total. The van der Waals surface area contributed by atoms with Gasteiger partial charge in [-0.25, -0.2) is 11.1 Å². The zero-order valence-corrected chi connectivity index (χ0v) is 10.5. The summed E-state index contributed by atoms with van der Waals surface area (Å²) in [6.45, 7) is 0. The summed E-state index contributed by atoms with van der Waals surface area (Å²) in [4.78, 5) is 7.93. The highest BCUT2D eigenvalue weighted by Crippen LogP contribution is 2.19. The van der Waals surface area contributed by atoms with Crippen molar-refractivity contribution < 1.29 is 6.14 Å². The molecule has 1 heterocycles. The second-order valence-electron chi connectivity index (χ2n) is 3.17. The van der Waals surface area contributed by atoms with Crippen LogP contribution in [0.25, 0.3) is 0 Å². The number of nitrogens with zero attached hydrogens (tertiary/aromatic N) is 2. The van der Waals surface area contributed by atoms with Crippen LogP contribution in [0.5, 0.6) is 0 Å². The summed E-state index contributed by atoms with van der Waals surface area (Å²) in [7, 11) is 0. The highest BCUT2D eigenvalue weighted by molar-refractivity contribution is 14.2. The van der Waals surface area contributed by atoms with Gasteiger partial charge >= 0.3 is 19.8 Å². The molecular formula is C11H9IN2O2. The lowest BCUT2D eigenvalue weighted by Gasteiger charge is -2.01. The summed E-state index contributed by atoms with van der Waals surface area (Å²) < 4.78 is 22.2. The minimum atomic E-state index is -3.55. The first kappa shape index (κ1) is 11.1. The molecule has 0 amide bonds. The largest absolute Gasteiger partial charge is 0.361 e. The van der Waals surface area contributed by atoms with Gasteiger partial charge in [-0.05, 0) is 5.56 Å². The monoisotopic (exact) mass is 328 g/mol. The zero-order chi connectivity index (χ0) is 11.4. The highest BCUT2D eigenvalue weighted by Gasteiger charge is 2.10. The van der Waals surface area contributed by atoms with Crippen LogP contribution in [-0.4, -0.2) is 9.97 Å². The molecule has 1 aromatic carbocycles. The topological polar surface area (TPSA) is 59.9 Å². The summed E-state index contributed by atoms with van der Waals surface area (Å²) in [5.74, 6) is 0. The zero-order valence-electron chi connectivity index (χ0n) is 8.34. The van der Waals surface area contributed by atoms with Gasteiger partial charge in [-0.1, -0.05) is 30.3 Å². The number of rotatable bonds is 3. The molecule has 0 spiro atoms. The van der Waals surface area contributed by atoms with Gasteiger partial charge in [-0.15, -0.1) is 0 Å². The second kappa shape index (κ2) is 5.11. The molecule has 0 saturated heterocycles. The normalized spacial score (nSPS) is 10.6. The minimum Gasteiger partial charge on any atom is -0.256 e. The van der Waals surface area contributed by atoms with Gasteiger partial charge in [0, 0.05) is 18.8 Å². The van der Waals surface area contributed by atoms with Crippen molar-refractivity contribution >= 4 is 19.8 Å². The van der Waals surface area contributed by atoms with Crippen LogP contribution in [-0.2, 0) is 12.6 Å². The number of hydrogen-bond acceptors (Lipinski definition) is 4. The van der Waals surface area contributed by atoms with Crippen LogP contribution in [0.3, 0.4) is 0 Å². The average molecular weight is 328 g/mol. The van der Waals surface area contributed by atoms with Gasteiger partial charge < -0.3 is 0 Å². The Morgan fingerprint density at radius 3 is 2.38 bits per heavy atom. The Balaban J connectivity index is 2.35. The molecule has 0 N–H and O–H groups in total. The van der Waals surface area contributed by atoms with E-state index in [-0.39, 0.29) is 3.70 Å². The Morgan fingerprint density at radius 2 is 1.69 bits per heavy atom. The van der Waals surface area contributed by atoms with Gasteiger partial charge in [-0.2, -0.15) is 0 Å². The van der Waals surface area contributed by atoms with E-state index in [0.29, 0.717) is 12.1 Å². The molecule has 2 aromatic rings. The van der Waals surface area contributed by atoms with E-state index in [9.17, 15) is 6.14 Å². The van der Waals surface area contributed by atoms with Crippen molar-refractivity contribution in [1.82, 2.24) is 9.97 Å². The standard InChI is InChI=1S/C11H9IN2O2/c15-12(16)11-10(13-6-7-14-11)8-9-4-2-1-3-5-9/h1-7H,8H2. The SMILES string of the molecule is O=I(=O)c1nccnc1Cc1ccccc1. The van der Waals surface area contributed by atoms with Gasteiger partial charge in [-0.3, -0.25) is 4.98 Å². The maximum atomic E-state index is 11.0. The second-order valence-corrected chi connectivity index (χ2v) is 5.44. The number of aromatic nitrogens is 2. The molecule has 0 saturated carbocycles. The quantitative estimate of drug-likeness (QED) is 0.812. The fraction of sp³-hybridized carbons (Fsp3) is 0.0909. The van der Waals surface area contributed by atoms with E-state index in [2.05, 4.69) is 9.97 Å². The fourth-order valence-electron chi connectivity index (χ4n) is 1.39. The van der Waals surface area contributed by atoms with Crippen molar-refractivity contribution in [2.75, 3.05) is 0 Å². The lowest BCUT2D eigenvalue weighted by Crippen LogP contribution is -1.98. The number of hydrogen-bond donors (Lipinski definition) is 0. The third kappa shape index (κ3) is 2.60. The molecule has 0 bridgehead atoms. The molecule has 82 valence electrons. The Hall–Kier alpha value is -1.37. The molecule has 1 aromatic heterocycles. The molecule has 16 heavy (non-hydrogen) atoms. The van der Waals surface area contributed by atoms with E-state index < -0.39 is 19.8 Å². The van der Waals surface area contributed by atoms with Crippen LogP contribution in [0.1, 0.15) is 11.3 Å². The van der Waals surface area contributed by atoms with E-state index in [4.69, 9.17) is 0 Å². The van der Waals surface area contributed by atoms with Gasteiger partial charge in [0.05, 0.1) is 5.69 Å². The Bertz CT molecular complexity index is 545. The maximum Gasteiger partial charge on any atom is 0.361 e. The van der Waals surface area contributed by atoms with Crippen LogP contribution >= 0.6 is 19.8 Å². The Morgan fingerprint density at radius 1 is 1.00 bits per heavy atom. The van der Waals surface area contributed by atoms with Crippen molar-refractivity contribution in [3.8, 4) is 0 Å². The molecule has 0 unspecified atom stereocenters. The number of benzene rings is 1. The summed E-state index contributed by atoms with van der Waals surface area (Å²) in [5.41, 5.74) is 1.56. The first-order valence-corrected chi connectivity index (χ1v) is 7.50. The first-order chi connectivity index (χ1) is 7.77. The van der Waals surface area contributed by atoms with E-state index in [1.54, 1.807) is 0 Å². The van der Waals surface area contributed by atoms with Crippen molar-refractivity contribution in [2.45, 2.75) is 6.42 Å². The first-order valence-electron chi connectivity index (χ1n) is 4.66. The van der Waals surface area contributed by atoms with Gasteiger partial charge in [0.1, 0.15) is 0 Å². The fourth-order valence-corrected chi connectivity index (χ4v) is 2.61. The smallest absolute Gasteiger partial charge is 0.256 e. The third-order valence-electron chi connectivity index (χ3n) is 2.08. The Labute approximate surface area is 99.9 Å². The molecule has 0 atom stereocenters. The van der Waals surface area contributed by atoms with E-state index in [0.717, 1.165) is 5.56 Å². The predicted octanol–water partition coefficient (Wildman–Crippen LogP) is 2.43. The molecule has 5 heteroatoms. The molecule has 2 rings (SSSR count). The molecule has 0 fully saturated rings. The average Bonchev–Trinajstić information content (AvgIpc) is 2.31. The van der Waals surface area contributed by atoms with Gasteiger partial charge in [0.15, 0.2) is 3.70 Å². The van der Waals surface area contributed by atoms with E-state index in [1.807, 2.05) is 30.3 Å².